The van der Waals surface area contributed by atoms with Gasteiger partial charge in [-0.15, -0.1) is 0 Å². The second kappa shape index (κ2) is 7.94. The zero-order valence-corrected chi connectivity index (χ0v) is 8.63. The van der Waals surface area contributed by atoms with Crippen molar-refractivity contribution in [3.05, 3.63) is 0 Å². The van der Waals surface area contributed by atoms with Gasteiger partial charge in [-0.2, -0.15) is 7.82 Å². The molecule has 0 amide bonds. The lowest BCUT2D eigenvalue weighted by Gasteiger charge is -2.36. The number of hydrogen-bond acceptors (Lipinski definition) is 4. The quantitative estimate of drug-likeness (QED) is 0.383. The van der Waals surface area contributed by atoms with Gasteiger partial charge in [0.25, 0.3) is 0 Å². The normalized spacial score (nSPS) is 10.1. The van der Waals surface area contributed by atoms with Gasteiger partial charge in [-0.1, -0.05) is 35.9 Å². The molecule has 0 rings (SSSR count). The lowest BCUT2D eigenvalue weighted by atomic mass is 10.4. The molecule has 6 heteroatoms. The Kier molecular flexibility index (Phi) is 10.7. The van der Waals surface area contributed by atoms with Gasteiger partial charge in [-0.3, -0.25) is 0 Å². The van der Waals surface area contributed by atoms with E-state index in [9.17, 15) is 0 Å². The Hall–Kier alpha value is 0.840. The predicted molar refractivity (Wildman–Crippen MR) is 41.4 cm³/mol. The van der Waals surface area contributed by atoms with Crippen LogP contribution in [0.25, 0.3) is 0 Å². The molecule has 0 saturated carbocycles. The Labute approximate surface area is 74.0 Å². The summed E-state index contributed by atoms with van der Waals surface area (Å²) < 4.78 is 9.86. The van der Waals surface area contributed by atoms with Gasteiger partial charge in [0.15, 0.2) is 0 Å². The van der Waals surface area contributed by atoms with E-state index in [2.05, 4.69) is 29.5 Å². The summed E-state index contributed by atoms with van der Waals surface area (Å²) in [5.74, 6) is 0. The van der Waals surface area contributed by atoms with Crippen molar-refractivity contribution in [2.24, 2.45) is 0 Å². The van der Waals surface area contributed by atoms with Crippen LogP contribution in [0.2, 0.25) is 0 Å². The average molecular weight is 279 g/mol. The van der Waals surface area contributed by atoms with Crippen molar-refractivity contribution in [3.8, 4) is 0 Å². The molecular formula is C4H9IO4P-3. The molecule has 0 aliphatic carbocycles. The number of rotatable bonds is 2. The minimum atomic E-state index is -5.39. The molecule has 64 valence electrons. The number of hydrogen-bond donors (Lipinski definition) is 0. The predicted octanol–water partition coefficient (Wildman–Crippen LogP) is -0.603. The van der Waals surface area contributed by atoms with Crippen LogP contribution in [-0.2, 0) is 4.57 Å². The molecule has 0 aliphatic heterocycles. The van der Waals surface area contributed by atoms with E-state index < -0.39 is 7.82 Å². The molecule has 0 aromatic carbocycles. The zero-order valence-electron chi connectivity index (χ0n) is 5.58. The van der Waals surface area contributed by atoms with Crippen LogP contribution in [0.15, 0.2) is 0 Å². The van der Waals surface area contributed by atoms with Crippen molar-refractivity contribution < 1.29 is 19.2 Å². The fraction of sp³-hybridized carbons (Fsp3) is 1.00. The number of unbranched alkanes of at least 4 members (excludes halogenated alkanes) is 1. The van der Waals surface area contributed by atoms with E-state index in [0.717, 1.165) is 0 Å². The largest absolute Gasteiger partial charge is 0.822 e. The van der Waals surface area contributed by atoms with Crippen LogP contribution >= 0.6 is 30.4 Å². The van der Waals surface area contributed by atoms with Crippen molar-refractivity contribution in [2.75, 3.05) is 4.43 Å². The topological polar surface area (TPSA) is 86.2 Å². The second-order valence-electron chi connectivity index (χ2n) is 1.49. The fourth-order valence-corrected chi connectivity index (χ4v) is 0.896. The Morgan fingerprint density at radius 2 is 1.70 bits per heavy atom. The Morgan fingerprint density at radius 1 is 1.40 bits per heavy atom. The Morgan fingerprint density at radius 3 is 1.70 bits per heavy atom. The average Bonchev–Trinajstić information content (AvgIpc) is 1.63. The minimum absolute atomic E-state index is 1.31. The monoisotopic (exact) mass is 279 g/mol. The van der Waals surface area contributed by atoms with E-state index in [1.165, 1.54) is 17.3 Å². The van der Waals surface area contributed by atoms with E-state index in [1.54, 1.807) is 0 Å². The molecule has 0 bridgehead atoms. The van der Waals surface area contributed by atoms with Crippen molar-refractivity contribution in [2.45, 2.75) is 19.8 Å². The van der Waals surface area contributed by atoms with Gasteiger partial charge in [0.2, 0.25) is 0 Å². The van der Waals surface area contributed by atoms with Crippen LogP contribution in [0.4, 0.5) is 0 Å². The van der Waals surface area contributed by atoms with Crippen molar-refractivity contribution in [1.82, 2.24) is 0 Å². The molecule has 0 atom stereocenters. The summed E-state index contributed by atoms with van der Waals surface area (Å²) in [5.41, 5.74) is 0. The first-order valence-corrected chi connectivity index (χ1v) is 5.69. The van der Waals surface area contributed by atoms with E-state index in [4.69, 9.17) is 19.2 Å². The molecule has 0 aliphatic rings. The fourth-order valence-electron chi connectivity index (χ4n) is 0.134. The first-order valence-electron chi connectivity index (χ1n) is 2.70. The van der Waals surface area contributed by atoms with Gasteiger partial charge in [0.05, 0.1) is 0 Å². The molecule has 0 aromatic heterocycles. The van der Waals surface area contributed by atoms with Crippen LogP contribution in [0, 0.1) is 0 Å². The molecule has 4 nitrogen and oxygen atoms in total. The third kappa shape index (κ3) is 67.4. The molecule has 0 radical (unpaired) electrons. The van der Waals surface area contributed by atoms with Crippen LogP contribution < -0.4 is 14.7 Å². The molecule has 10 heavy (non-hydrogen) atoms. The summed E-state index contributed by atoms with van der Waals surface area (Å²) >= 11 is 2.39. The van der Waals surface area contributed by atoms with Gasteiger partial charge >= 0.3 is 0 Å². The third-order valence-corrected chi connectivity index (χ3v) is 1.25. The molecule has 0 fully saturated rings. The van der Waals surface area contributed by atoms with E-state index in [-0.39, 0.29) is 0 Å². The number of phosphoric acid groups is 1. The highest BCUT2D eigenvalue weighted by molar-refractivity contribution is 14.1. The highest BCUT2D eigenvalue weighted by Gasteiger charge is 1.69. The molecule has 0 heterocycles. The molecule has 0 saturated heterocycles. The maximum Gasteiger partial charge on any atom is -0.000483 e. The van der Waals surface area contributed by atoms with E-state index in [1.807, 2.05) is 0 Å². The maximum atomic E-state index is 8.55. The van der Waals surface area contributed by atoms with Gasteiger partial charge in [-0.25, -0.2) is 0 Å². The van der Waals surface area contributed by atoms with Crippen LogP contribution in [0.5, 0.6) is 0 Å². The molecule has 0 spiro atoms. The molecular weight excluding hydrogens is 270 g/mol. The summed E-state index contributed by atoms with van der Waals surface area (Å²) in [7, 11) is -5.39. The molecule has 0 aromatic rings. The van der Waals surface area contributed by atoms with Gasteiger partial charge < -0.3 is 19.2 Å². The highest BCUT2D eigenvalue weighted by Crippen LogP contribution is 2.03. The SMILES string of the molecule is CCCCI.O=P([O-])([O-])[O-]. The maximum absolute atomic E-state index is 8.55. The summed E-state index contributed by atoms with van der Waals surface area (Å²) in [6.45, 7) is 2.21. The van der Waals surface area contributed by atoms with E-state index in [0.29, 0.717) is 0 Å². The zero-order chi connectivity index (χ0) is 8.62. The summed E-state index contributed by atoms with van der Waals surface area (Å²) in [6.07, 6.45) is 2.71. The van der Waals surface area contributed by atoms with Gasteiger partial charge in [-0.05, 0) is 10.8 Å². The number of alkyl halides is 1. The van der Waals surface area contributed by atoms with Crippen LogP contribution in [0.3, 0.4) is 0 Å². The second-order valence-corrected chi connectivity index (χ2v) is 3.46. The smallest absolute Gasteiger partial charge is 0.000483 e. The Bertz CT molecular complexity index is 91.2. The summed E-state index contributed by atoms with van der Waals surface area (Å²) in [5, 5.41) is 0. The Balaban J connectivity index is 0. The summed E-state index contributed by atoms with van der Waals surface area (Å²) in [4.78, 5) is 25.6. The van der Waals surface area contributed by atoms with Gasteiger partial charge in [0.1, 0.15) is 0 Å². The lowest BCUT2D eigenvalue weighted by Crippen LogP contribution is -2.24. The van der Waals surface area contributed by atoms with Gasteiger partial charge in [0, 0.05) is 0 Å². The minimum Gasteiger partial charge on any atom is -0.822 e. The van der Waals surface area contributed by atoms with E-state index >= 15 is 0 Å². The van der Waals surface area contributed by atoms with Crippen molar-refractivity contribution in [3.63, 3.8) is 0 Å². The standard InChI is InChI=1S/C4H9I.H3O4P/c1-2-3-4-5;1-5(2,3)4/h2-4H2,1H3;(H3,1,2,3,4)/p-3. The molecule has 0 N–H and O–H groups in total. The van der Waals surface area contributed by atoms with Crippen molar-refractivity contribution >= 4 is 30.4 Å². The van der Waals surface area contributed by atoms with Crippen LogP contribution in [-0.4, -0.2) is 4.43 Å². The lowest BCUT2D eigenvalue weighted by molar-refractivity contribution is -0.432. The third-order valence-electron chi connectivity index (χ3n) is 0.487. The summed E-state index contributed by atoms with van der Waals surface area (Å²) in [6, 6.07) is 0. The van der Waals surface area contributed by atoms with Crippen LogP contribution in [0.1, 0.15) is 19.8 Å². The molecule has 0 unspecified atom stereocenters. The highest BCUT2D eigenvalue weighted by atomic mass is 127. The number of halogens is 1. The first kappa shape index (κ1) is 13.4. The van der Waals surface area contributed by atoms with Crippen molar-refractivity contribution in [1.29, 1.82) is 0 Å². The first-order chi connectivity index (χ1) is 4.41.